The van der Waals surface area contributed by atoms with Gasteiger partial charge in [0, 0.05) is 24.7 Å². The van der Waals surface area contributed by atoms with E-state index in [1.54, 1.807) is 6.07 Å². The normalized spacial score (nSPS) is 10.9. The van der Waals surface area contributed by atoms with Gasteiger partial charge in [-0.1, -0.05) is 29.3 Å². The molecule has 1 heterocycles. The Bertz CT molecular complexity index is 882. The first-order valence-corrected chi connectivity index (χ1v) is 7.67. The predicted molar refractivity (Wildman–Crippen MR) is 96.9 cm³/mol. The van der Waals surface area contributed by atoms with E-state index in [-0.39, 0.29) is 5.95 Å². The van der Waals surface area contributed by atoms with Crippen molar-refractivity contribution < 1.29 is 0 Å². The fraction of sp³-hybridized carbons (Fsp3) is 0.125. The zero-order chi connectivity index (χ0) is 16.6. The molecular weight excluding hydrogens is 333 g/mol. The Morgan fingerprint density at radius 1 is 1.00 bits per heavy atom. The standard InChI is InChI=1S/C16H15Cl2N5/c1-23(8-9-2-4-12(17)13(18)6-9)10-3-5-14-11(7-10)15(19)22-16(20)21-14/h2-7H,8H2,1H3,(H4,19,20,21,22). The first kappa shape index (κ1) is 15.6. The quantitative estimate of drug-likeness (QED) is 0.754. The molecule has 5 nitrogen and oxygen atoms in total. The number of anilines is 3. The van der Waals surface area contributed by atoms with Gasteiger partial charge in [-0.25, -0.2) is 4.98 Å². The molecule has 0 bridgehead atoms. The Morgan fingerprint density at radius 3 is 2.52 bits per heavy atom. The van der Waals surface area contributed by atoms with Gasteiger partial charge in [0.05, 0.1) is 15.6 Å². The van der Waals surface area contributed by atoms with E-state index in [0.717, 1.165) is 22.2 Å². The summed E-state index contributed by atoms with van der Waals surface area (Å²) >= 11 is 12.0. The Kier molecular flexibility index (Phi) is 4.15. The number of nitrogens with two attached hydrogens (primary N) is 2. The first-order chi connectivity index (χ1) is 10.9. The molecule has 23 heavy (non-hydrogen) atoms. The second-order valence-corrected chi connectivity index (χ2v) is 6.09. The molecule has 0 spiro atoms. The van der Waals surface area contributed by atoms with E-state index in [0.29, 0.717) is 22.4 Å². The third-order valence-electron chi connectivity index (χ3n) is 3.57. The van der Waals surface area contributed by atoms with Crippen LogP contribution in [0.25, 0.3) is 10.9 Å². The molecule has 0 amide bonds. The van der Waals surface area contributed by atoms with Gasteiger partial charge in [0.2, 0.25) is 5.95 Å². The highest BCUT2D eigenvalue weighted by molar-refractivity contribution is 6.42. The van der Waals surface area contributed by atoms with Crippen LogP contribution in [0.15, 0.2) is 36.4 Å². The van der Waals surface area contributed by atoms with Crippen molar-refractivity contribution in [3.05, 3.63) is 52.0 Å². The molecule has 0 aliphatic carbocycles. The predicted octanol–water partition coefficient (Wildman–Crippen LogP) is 3.74. The fourth-order valence-electron chi connectivity index (χ4n) is 2.40. The summed E-state index contributed by atoms with van der Waals surface area (Å²) in [6.07, 6.45) is 0. The third kappa shape index (κ3) is 3.25. The molecule has 0 saturated carbocycles. The lowest BCUT2D eigenvalue weighted by Crippen LogP contribution is -2.16. The van der Waals surface area contributed by atoms with E-state index in [9.17, 15) is 0 Å². The second-order valence-electron chi connectivity index (χ2n) is 5.27. The SMILES string of the molecule is CN(Cc1ccc(Cl)c(Cl)c1)c1ccc2nc(N)nc(N)c2c1. The van der Waals surface area contributed by atoms with E-state index >= 15 is 0 Å². The van der Waals surface area contributed by atoms with E-state index in [1.807, 2.05) is 37.4 Å². The van der Waals surface area contributed by atoms with Crippen molar-refractivity contribution in [3.8, 4) is 0 Å². The Morgan fingerprint density at radius 2 is 1.78 bits per heavy atom. The molecule has 0 atom stereocenters. The molecule has 1 aromatic heterocycles. The van der Waals surface area contributed by atoms with Crippen LogP contribution >= 0.6 is 23.2 Å². The van der Waals surface area contributed by atoms with E-state index in [2.05, 4.69) is 14.9 Å². The summed E-state index contributed by atoms with van der Waals surface area (Å²) in [5, 5.41) is 1.87. The number of fused-ring (bicyclic) bond motifs is 1. The minimum Gasteiger partial charge on any atom is -0.383 e. The first-order valence-electron chi connectivity index (χ1n) is 6.92. The molecule has 3 aromatic rings. The molecular formula is C16H15Cl2N5. The average molecular weight is 348 g/mol. The monoisotopic (exact) mass is 347 g/mol. The lowest BCUT2D eigenvalue weighted by molar-refractivity contribution is 0.924. The topological polar surface area (TPSA) is 81.1 Å². The summed E-state index contributed by atoms with van der Waals surface area (Å²) < 4.78 is 0. The van der Waals surface area contributed by atoms with Gasteiger partial charge in [0.25, 0.3) is 0 Å². The van der Waals surface area contributed by atoms with Gasteiger partial charge in [-0.3, -0.25) is 0 Å². The number of hydrogen-bond donors (Lipinski definition) is 2. The van der Waals surface area contributed by atoms with Crippen LogP contribution in [-0.4, -0.2) is 17.0 Å². The van der Waals surface area contributed by atoms with Crippen LogP contribution < -0.4 is 16.4 Å². The lowest BCUT2D eigenvalue weighted by Gasteiger charge is -2.20. The van der Waals surface area contributed by atoms with Gasteiger partial charge in [-0.05, 0) is 35.9 Å². The van der Waals surface area contributed by atoms with E-state index in [1.165, 1.54) is 0 Å². The third-order valence-corrected chi connectivity index (χ3v) is 4.31. The minimum atomic E-state index is 0.173. The molecule has 0 aliphatic heterocycles. The summed E-state index contributed by atoms with van der Waals surface area (Å²) in [5.74, 6) is 0.546. The number of nitrogens with zero attached hydrogens (tertiary/aromatic N) is 3. The molecule has 7 heteroatoms. The Labute approximate surface area is 143 Å². The molecule has 118 valence electrons. The van der Waals surface area contributed by atoms with Gasteiger partial charge in [0.15, 0.2) is 0 Å². The molecule has 0 fully saturated rings. The van der Waals surface area contributed by atoms with Crippen molar-refractivity contribution in [2.45, 2.75) is 6.54 Å². The zero-order valence-electron chi connectivity index (χ0n) is 12.4. The molecule has 0 radical (unpaired) electrons. The summed E-state index contributed by atoms with van der Waals surface area (Å²) in [4.78, 5) is 10.3. The smallest absolute Gasteiger partial charge is 0.222 e. The number of halogens is 2. The van der Waals surface area contributed by atoms with Crippen molar-refractivity contribution in [1.82, 2.24) is 9.97 Å². The summed E-state index contributed by atoms with van der Waals surface area (Å²) in [7, 11) is 1.98. The Balaban J connectivity index is 1.91. The van der Waals surface area contributed by atoms with Gasteiger partial charge in [0.1, 0.15) is 5.82 Å². The van der Waals surface area contributed by atoms with Crippen molar-refractivity contribution in [2.75, 3.05) is 23.4 Å². The number of hydrogen-bond acceptors (Lipinski definition) is 5. The van der Waals surface area contributed by atoms with Crippen LogP contribution in [0.3, 0.4) is 0 Å². The van der Waals surface area contributed by atoms with Crippen LogP contribution in [0.4, 0.5) is 17.5 Å². The highest BCUT2D eigenvalue weighted by Gasteiger charge is 2.08. The van der Waals surface area contributed by atoms with Crippen molar-refractivity contribution in [3.63, 3.8) is 0 Å². The van der Waals surface area contributed by atoms with Crippen molar-refractivity contribution in [2.24, 2.45) is 0 Å². The number of rotatable bonds is 3. The van der Waals surface area contributed by atoms with E-state index in [4.69, 9.17) is 34.7 Å². The molecule has 2 aromatic carbocycles. The summed E-state index contributed by atoms with van der Waals surface area (Å²) in [5.41, 5.74) is 14.3. The van der Waals surface area contributed by atoms with Crippen molar-refractivity contribution in [1.29, 1.82) is 0 Å². The summed E-state index contributed by atoms with van der Waals surface area (Å²) in [6.45, 7) is 0.679. The molecule has 0 saturated heterocycles. The fourth-order valence-corrected chi connectivity index (χ4v) is 2.72. The summed E-state index contributed by atoms with van der Waals surface area (Å²) in [6, 6.07) is 11.4. The van der Waals surface area contributed by atoms with Gasteiger partial charge >= 0.3 is 0 Å². The lowest BCUT2D eigenvalue weighted by atomic mass is 10.1. The highest BCUT2D eigenvalue weighted by Crippen LogP contribution is 2.27. The van der Waals surface area contributed by atoms with Gasteiger partial charge < -0.3 is 16.4 Å². The molecule has 4 N–H and O–H groups in total. The average Bonchev–Trinajstić information content (AvgIpc) is 2.50. The Hall–Kier alpha value is -2.24. The largest absolute Gasteiger partial charge is 0.383 e. The minimum absolute atomic E-state index is 0.173. The number of nitrogen functional groups attached to an aromatic ring is 2. The van der Waals surface area contributed by atoms with Crippen LogP contribution in [0.5, 0.6) is 0 Å². The van der Waals surface area contributed by atoms with Crippen LogP contribution in [0.1, 0.15) is 5.56 Å². The maximum atomic E-state index is 6.06. The van der Waals surface area contributed by atoms with Gasteiger partial charge in [-0.2, -0.15) is 4.98 Å². The number of aromatic nitrogens is 2. The van der Waals surface area contributed by atoms with Crippen LogP contribution in [0.2, 0.25) is 10.0 Å². The second kappa shape index (κ2) is 6.10. The molecule has 3 rings (SSSR count). The van der Waals surface area contributed by atoms with Crippen LogP contribution in [-0.2, 0) is 6.54 Å². The van der Waals surface area contributed by atoms with E-state index < -0.39 is 0 Å². The van der Waals surface area contributed by atoms with Crippen LogP contribution in [0, 0.1) is 0 Å². The van der Waals surface area contributed by atoms with Gasteiger partial charge in [-0.15, -0.1) is 0 Å². The highest BCUT2D eigenvalue weighted by atomic mass is 35.5. The molecule has 0 unspecified atom stereocenters. The van der Waals surface area contributed by atoms with Crippen molar-refractivity contribution >= 4 is 51.6 Å². The maximum absolute atomic E-state index is 6.06. The zero-order valence-corrected chi connectivity index (χ0v) is 13.9. The number of benzene rings is 2. The molecule has 0 aliphatic rings. The maximum Gasteiger partial charge on any atom is 0.222 e.